The van der Waals surface area contributed by atoms with Crippen LogP contribution in [0.5, 0.6) is 5.75 Å². The Morgan fingerprint density at radius 1 is 0.600 bits per heavy atom. The molecule has 1 N–H and O–H groups in total. The van der Waals surface area contributed by atoms with Crippen LogP contribution in [-0.4, -0.2) is 5.11 Å². The summed E-state index contributed by atoms with van der Waals surface area (Å²) in [4.78, 5) is 0. The average molecular weight is 260 g/mol. The Balaban J connectivity index is 2.03. The smallest absolute Gasteiger partial charge is 0.123 e. The van der Waals surface area contributed by atoms with Gasteiger partial charge in [0.15, 0.2) is 0 Å². The quantitative estimate of drug-likeness (QED) is 0.726. The van der Waals surface area contributed by atoms with Crippen LogP contribution in [0.4, 0.5) is 0 Å². The summed E-state index contributed by atoms with van der Waals surface area (Å²) in [5.41, 5.74) is 4.48. The predicted molar refractivity (Wildman–Crippen MR) is 82.8 cm³/mol. The summed E-state index contributed by atoms with van der Waals surface area (Å²) in [6.45, 7) is 0. The van der Waals surface area contributed by atoms with Crippen molar-refractivity contribution in [3.8, 4) is 16.9 Å². The second-order valence-electron chi connectivity index (χ2n) is 4.84. The molecule has 0 saturated heterocycles. The molecular formula is C19H16O. The largest absolute Gasteiger partial charge is 0.507 e. The van der Waals surface area contributed by atoms with Gasteiger partial charge < -0.3 is 5.11 Å². The van der Waals surface area contributed by atoms with Gasteiger partial charge in [-0.25, -0.2) is 0 Å². The first-order valence-electron chi connectivity index (χ1n) is 6.75. The van der Waals surface area contributed by atoms with Crippen LogP contribution in [0, 0.1) is 0 Å². The third-order valence-corrected chi connectivity index (χ3v) is 3.45. The maximum absolute atomic E-state index is 10.1. The molecular weight excluding hydrogens is 244 g/mol. The van der Waals surface area contributed by atoms with Crippen molar-refractivity contribution in [2.75, 3.05) is 0 Å². The maximum atomic E-state index is 10.1. The molecule has 3 aromatic carbocycles. The van der Waals surface area contributed by atoms with Gasteiger partial charge in [0.25, 0.3) is 0 Å². The third kappa shape index (κ3) is 2.57. The van der Waals surface area contributed by atoms with Gasteiger partial charge in [-0.3, -0.25) is 0 Å². The number of rotatable bonds is 3. The fourth-order valence-corrected chi connectivity index (χ4v) is 2.45. The van der Waals surface area contributed by atoms with E-state index < -0.39 is 0 Å². The normalized spacial score (nSPS) is 10.4. The SMILES string of the molecule is Oc1ccccc1-c1ccccc1Cc1ccccc1. The summed E-state index contributed by atoms with van der Waals surface area (Å²) >= 11 is 0. The van der Waals surface area contributed by atoms with Gasteiger partial charge in [-0.05, 0) is 29.2 Å². The van der Waals surface area contributed by atoms with Gasteiger partial charge in [0.2, 0.25) is 0 Å². The van der Waals surface area contributed by atoms with Gasteiger partial charge in [-0.15, -0.1) is 0 Å². The lowest BCUT2D eigenvalue weighted by molar-refractivity contribution is 0.477. The van der Waals surface area contributed by atoms with Crippen molar-refractivity contribution >= 4 is 0 Å². The van der Waals surface area contributed by atoms with Crippen molar-refractivity contribution in [2.24, 2.45) is 0 Å². The third-order valence-electron chi connectivity index (χ3n) is 3.45. The van der Waals surface area contributed by atoms with Crippen LogP contribution < -0.4 is 0 Å². The molecule has 0 spiro atoms. The fourth-order valence-electron chi connectivity index (χ4n) is 2.45. The van der Waals surface area contributed by atoms with E-state index in [9.17, 15) is 5.11 Å². The Morgan fingerprint density at radius 2 is 1.20 bits per heavy atom. The average Bonchev–Trinajstić information content (AvgIpc) is 2.50. The molecule has 0 fully saturated rings. The number of phenols is 1. The van der Waals surface area contributed by atoms with Gasteiger partial charge >= 0.3 is 0 Å². The zero-order chi connectivity index (χ0) is 13.8. The van der Waals surface area contributed by atoms with E-state index in [4.69, 9.17) is 0 Å². The van der Waals surface area contributed by atoms with E-state index in [1.165, 1.54) is 11.1 Å². The highest BCUT2D eigenvalue weighted by Crippen LogP contribution is 2.32. The Kier molecular flexibility index (Phi) is 3.51. The minimum Gasteiger partial charge on any atom is -0.507 e. The van der Waals surface area contributed by atoms with Crippen molar-refractivity contribution < 1.29 is 5.11 Å². The molecule has 1 heteroatoms. The van der Waals surface area contributed by atoms with Crippen LogP contribution in [0.1, 0.15) is 11.1 Å². The molecule has 0 saturated carbocycles. The molecule has 0 unspecified atom stereocenters. The zero-order valence-electron chi connectivity index (χ0n) is 11.2. The van der Waals surface area contributed by atoms with Gasteiger partial charge in [-0.1, -0.05) is 72.8 Å². The molecule has 0 aliphatic rings. The molecule has 20 heavy (non-hydrogen) atoms. The molecule has 0 aromatic heterocycles. The minimum absolute atomic E-state index is 0.327. The van der Waals surface area contributed by atoms with Crippen molar-refractivity contribution in [3.05, 3.63) is 90.0 Å². The van der Waals surface area contributed by atoms with Gasteiger partial charge in [0, 0.05) is 5.56 Å². The van der Waals surface area contributed by atoms with E-state index in [1.54, 1.807) is 6.07 Å². The highest BCUT2D eigenvalue weighted by molar-refractivity contribution is 5.73. The second-order valence-corrected chi connectivity index (χ2v) is 4.84. The Morgan fingerprint density at radius 3 is 1.95 bits per heavy atom. The van der Waals surface area contributed by atoms with Gasteiger partial charge in [-0.2, -0.15) is 0 Å². The molecule has 0 aliphatic carbocycles. The zero-order valence-corrected chi connectivity index (χ0v) is 11.2. The van der Waals surface area contributed by atoms with Crippen molar-refractivity contribution in [1.82, 2.24) is 0 Å². The minimum atomic E-state index is 0.327. The van der Waals surface area contributed by atoms with E-state index in [-0.39, 0.29) is 0 Å². The molecule has 0 atom stereocenters. The molecule has 1 nitrogen and oxygen atoms in total. The summed E-state index contributed by atoms with van der Waals surface area (Å²) in [7, 11) is 0. The topological polar surface area (TPSA) is 20.2 Å². The van der Waals surface area contributed by atoms with Crippen LogP contribution in [0.25, 0.3) is 11.1 Å². The van der Waals surface area contributed by atoms with Crippen molar-refractivity contribution in [3.63, 3.8) is 0 Å². The molecule has 0 aliphatic heterocycles. The van der Waals surface area contributed by atoms with Crippen LogP contribution >= 0.6 is 0 Å². The lowest BCUT2D eigenvalue weighted by Crippen LogP contribution is -1.92. The maximum Gasteiger partial charge on any atom is 0.123 e. The van der Waals surface area contributed by atoms with Crippen LogP contribution in [-0.2, 0) is 6.42 Å². The number of hydrogen-bond donors (Lipinski definition) is 1. The Labute approximate surface area is 119 Å². The van der Waals surface area contributed by atoms with E-state index in [1.807, 2.05) is 36.4 Å². The lowest BCUT2D eigenvalue weighted by atomic mass is 9.94. The predicted octanol–water partition coefficient (Wildman–Crippen LogP) is 4.65. The number of benzene rings is 3. The molecule has 3 aromatic rings. The molecule has 3 rings (SSSR count). The summed E-state index contributed by atoms with van der Waals surface area (Å²) in [6, 6.07) is 26.1. The van der Waals surface area contributed by atoms with Crippen LogP contribution in [0.2, 0.25) is 0 Å². The molecule has 0 bridgehead atoms. The summed E-state index contributed by atoms with van der Waals surface area (Å²) in [5, 5.41) is 10.1. The molecule has 0 heterocycles. The summed E-state index contributed by atoms with van der Waals surface area (Å²) in [5.74, 6) is 0.327. The van der Waals surface area contributed by atoms with E-state index in [0.717, 1.165) is 17.5 Å². The van der Waals surface area contributed by atoms with E-state index >= 15 is 0 Å². The Hall–Kier alpha value is -2.54. The molecule has 0 radical (unpaired) electrons. The first-order chi connectivity index (χ1) is 9.84. The molecule has 98 valence electrons. The Bertz CT molecular complexity index is 702. The van der Waals surface area contributed by atoms with Gasteiger partial charge in [0.1, 0.15) is 5.75 Å². The van der Waals surface area contributed by atoms with Crippen LogP contribution in [0.3, 0.4) is 0 Å². The summed E-state index contributed by atoms with van der Waals surface area (Å²) in [6.07, 6.45) is 0.866. The van der Waals surface area contributed by atoms with Crippen LogP contribution in [0.15, 0.2) is 78.9 Å². The number of hydrogen-bond acceptors (Lipinski definition) is 1. The first kappa shape index (κ1) is 12.5. The van der Waals surface area contributed by atoms with Gasteiger partial charge in [0.05, 0.1) is 0 Å². The standard InChI is InChI=1S/C19H16O/c20-19-13-7-6-12-18(19)17-11-5-4-10-16(17)14-15-8-2-1-3-9-15/h1-13,20H,14H2. The lowest BCUT2D eigenvalue weighted by Gasteiger charge is -2.11. The number of aromatic hydroxyl groups is 1. The number of phenolic OH excluding ortho intramolecular Hbond substituents is 1. The second kappa shape index (κ2) is 5.62. The summed E-state index contributed by atoms with van der Waals surface area (Å²) < 4.78 is 0. The van der Waals surface area contributed by atoms with E-state index in [2.05, 4.69) is 36.4 Å². The van der Waals surface area contributed by atoms with Crippen molar-refractivity contribution in [2.45, 2.75) is 6.42 Å². The number of para-hydroxylation sites is 1. The van der Waals surface area contributed by atoms with E-state index in [0.29, 0.717) is 5.75 Å². The monoisotopic (exact) mass is 260 g/mol. The highest BCUT2D eigenvalue weighted by Gasteiger charge is 2.08. The fraction of sp³-hybridized carbons (Fsp3) is 0.0526. The highest BCUT2D eigenvalue weighted by atomic mass is 16.3. The molecule has 0 amide bonds. The van der Waals surface area contributed by atoms with Crippen molar-refractivity contribution in [1.29, 1.82) is 0 Å². The first-order valence-corrected chi connectivity index (χ1v) is 6.75.